The van der Waals surface area contributed by atoms with Crippen molar-refractivity contribution in [1.82, 2.24) is 9.80 Å². The van der Waals surface area contributed by atoms with E-state index in [9.17, 15) is 0 Å². The largest absolute Gasteiger partial charge is 0.492 e. The van der Waals surface area contributed by atoms with E-state index in [0.717, 1.165) is 37.5 Å². The van der Waals surface area contributed by atoms with Crippen molar-refractivity contribution in [3.63, 3.8) is 0 Å². The lowest BCUT2D eigenvalue weighted by Gasteiger charge is -2.45. The highest BCUT2D eigenvalue weighted by molar-refractivity contribution is 5.38. The standard InChI is InChI=1S/C16H25N3O/c1-3-18-8-9-19(10-12(18)2)14-11-20-15-7-5-4-6-13(15)16(14)17/h4-7,12,14,16H,3,8-11,17H2,1-2H3. The average Bonchev–Trinajstić information content (AvgIpc) is 2.48. The second-order valence-electron chi connectivity index (χ2n) is 5.91. The molecule has 2 aliphatic heterocycles. The summed E-state index contributed by atoms with van der Waals surface area (Å²) in [6, 6.07) is 9.11. The van der Waals surface area contributed by atoms with Crippen LogP contribution in [-0.4, -0.2) is 54.7 Å². The summed E-state index contributed by atoms with van der Waals surface area (Å²) in [5.74, 6) is 0.955. The summed E-state index contributed by atoms with van der Waals surface area (Å²) < 4.78 is 5.91. The van der Waals surface area contributed by atoms with Gasteiger partial charge in [-0.1, -0.05) is 25.1 Å². The van der Waals surface area contributed by atoms with Gasteiger partial charge in [-0.05, 0) is 19.5 Å². The van der Waals surface area contributed by atoms with Crippen LogP contribution in [0.3, 0.4) is 0 Å². The highest BCUT2D eigenvalue weighted by Gasteiger charge is 2.35. The average molecular weight is 275 g/mol. The summed E-state index contributed by atoms with van der Waals surface area (Å²) in [4.78, 5) is 5.04. The zero-order valence-corrected chi connectivity index (χ0v) is 12.5. The van der Waals surface area contributed by atoms with Crippen LogP contribution in [0.1, 0.15) is 25.5 Å². The molecule has 2 N–H and O–H groups in total. The molecule has 110 valence electrons. The molecule has 4 heteroatoms. The molecule has 2 heterocycles. The summed E-state index contributed by atoms with van der Waals surface area (Å²) in [7, 11) is 0. The zero-order chi connectivity index (χ0) is 14.1. The number of fused-ring (bicyclic) bond motifs is 1. The lowest BCUT2D eigenvalue weighted by atomic mass is 9.95. The van der Waals surface area contributed by atoms with Crippen molar-refractivity contribution in [3.8, 4) is 5.75 Å². The number of benzene rings is 1. The Labute approximate surface area is 121 Å². The molecular formula is C16H25N3O. The number of hydrogen-bond acceptors (Lipinski definition) is 4. The van der Waals surface area contributed by atoms with Gasteiger partial charge in [0.15, 0.2) is 0 Å². The molecule has 1 aromatic carbocycles. The van der Waals surface area contributed by atoms with Gasteiger partial charge in [0.1, 0.15) is 12.4 Å². The lowest BCUT2D eigenvalue weighted by Crippen LogP contribution is -2.58. The van der Waals surface area contributed by atoms with Crippen LogP contribution in [0.5, 0.6) is 5.75 Å². The maximum Gasteiger partial charge on any atom is 0.124 e. The van der Waals surface area contributed by atoms with Crippen LogP contribution in [0.15, 0.2) is 24.3 Å². The summed E-state index contributed by atoms with van der Waals surface area (Å²) in [6.45, 7) is 9.67. The Bertz CT molecular complexity index is 465. The number of likely N-dealkylation sites (N-methyl/N-ethyl adjacent to an activating group) is 1. The smallest absolute Gasteiger partial charge is 0.124 e. The molecule has 0 aliphatic carbocycles. The fourth-order valence-electron chi connectivity index (χ4n) is 3.50. The number of ether oxygens (including phenoxy) is 1. The van der Waals surface area contributed by atoms with Gasteiger partial charge in [0.05, 0.1) is 12.1 Å². The van der Waals surface area contributed by atoms with E-state index in [1.807, 2.05) is 18.2 Å². The van der Waals surface area contributed by atoms with Crippen molar-refractivity contribution < 1.29 is 4.74 Å². The first-order chi connectivity index (χ1) is 9.70. The molecule has 1 aromatic rings. The van der Waals surface area contributed by atoms with E-state index in [-0.39, 0.29) is 6.04 Å². The number of hydrogen-bond donors (Lipinski definition) is 1. The van der Waals surface area contributed by atoms with E-state index >= 15 is 0 Å². The van der Waals surface area contributed by atoms with Crippen molar-refractivity contribution in [2.75, 3.05) is 32.8 Å². The molecule has 2 aliphatic rings. The van der Waals surface area contributed by atoms with Crippen molar-refractivity contribution >= 4 is 0 Å². The van der Waals surface area contributed by atoms with Crippen molar-refractivity contribution in [3.05, 3.63) is 29.8 Å². The van der Waals surface area contributed by atoms with Gasteiger partial charge in [0.2, 0.25) is 0 Å². The molecule has 3 atom stereocenters. The second-order valence-corrected chi connectivity index (χ2v) is 5.91. The first kappa shape index (κ1) is 13.9. The molecule has 20 heavy (non-hydrogen) atoms. The molecule has 0 bridgehead atoms. The Kier molecular flexibility index (Phi) is 3.96. The molecule has 0 saturated carbocycles. The van der Waals surface area contributed by atoms with Crippen molar-refractivity contribution in [2.24, 2.45) is 5.73 Å². The third kappa shape index (κ3) is 2.43. The zero-order valence-electron chi connectivity index (χ0n) is 12.5. The van der Waals surface area contributed by atoms with E-state index in [1.54, 1.807) is 0 Å². The van der Waals surface area contributed by atoms with E-state index in [2.05, 4.69) is 29.7 Å². The second kappa shape index (κ2) is 5.72. The SMILES string of the molecule is CCN1CCN(C2COc3ccccc3C2N)CC1C. The Morgan fingerprint density at radius 3 is 2.85 bits per heavy atom. The minimum Gasteiger partial charge on any atom is -0.492 e. The first-order valence-electron chi connectivity index (χ1n) is 7.66. The highest BCUT2D eigenvalue weighted by atomic mass is 16.5. The van der Waals surface area contributed by atoms with Crippen LogP contribution in [0.25, 0.3) is 0 Å². The fourth-order valence-corrected chi connectivity index (χ4v) is 3.50. The summed E-state index contributed by atoms with van der Waals surface area (Å²) in [5, 5.41) is 0. The van der Waals surface area contributed by atoms with E-state index in [0.29, 0.717) is 18.7 Å². The van der Waals surface area contributed by atoms with Crippen LogP contribution < -0.4 is 10.5 Å². The molecule has 0 spiro atoms. The number of nitrogens with zero attached hydrogens (tertiary/aromatic N) is 2. The predicted octanol–water partition coefficient (Wildman–Crippen LogP) is 1.47. The van der Waals surface area contributed by atoms with Crippen LogP contribution in [0, 0.1) is 0 Å². The van der Waals surface area contributed by atoms with Crippen molar-refractivity contribution in [1.29, 1.82) is 0 Å². The van der Waals surface area contributed by atoms with Gasteiger partial charge in [-0.15, -0.1) is 0 Å². The normalized spacial score (nSPS) is 31.6. The van der Waals surface area contributed by atoms with Crippen LogP contribution >= 0.6 is 0 Å². The lowest BCUT2D eigenvalue weighted by molar-refractivity contribution is 0.0249. The maximum atomic E-state index is 6.50. The van der Waals surface area contributed by atoms with E-state index in [1.165, 1.54) is 0 Å². The maximum absolute atomic E-state index is 6.50. The molecule has 0 radical (unpaired) electrons. The quantitative estimate of drug-likeness (QED) is 0.887. The van der Waals surface area contributed by atoms with Crippen LogP contribution in [0.2, 0.25) is 0 Å². The van der Waals surface area contributed by atoms with Crippen LogP contribution in [-0.2, 0) is 0 Å². The topological polar surface area (TPSA) is 41.7 Å². The molecule has 0 amide bonds. The Hall–Kier alpha value is -1.10. The number of para-hydroxylation sites is 1. The summed E-state index contributed by atoms with van der Waals surface area (Å²) >= 11 is 0. The number of piperazine rings is 1. The molecule has 0 aromatic heterocycles. The van der Waals surface area contributed by atoms with Gasteiger partial charge in [0.25, 0.3) is 0 Å². The molecular weight excluding hydrogens is 250 g/mol. The van der Waals surface area contributed by atoms with Gasteiger partial charge in [-0.25, -0.2) is 0 Å². The third-order valence-corrected chi connectivity index (χ3v) is 4.77. The van der Waals surface area contributed by atoms with E-state index < -0.39 is 0 Å². The minimum absolute atomic E-state index is 0.0559. The summed E-state index contributed by atoms with van der Waals surface area (Å²) in [6.07, 6.45) is 0. The molecule has 3 unspecified atom stereocenters. The first-order valence-corrected chi connectivity index (χ1v) is 7.66. The van der Waals surface area contributed by atoms with E-state index in [4.69, 9.17) is 10.5 Å². The Morgan fingerprint density at radius 2 is 2.10 bits per heavy atom. The van der Waals surface area contributed by atoms with Crippen LogP contribution in [0.4, 0.5) is 0 Å². The van der Waals surface area contributed by atoms with Gasteiger partial charge in [0, 0.05) is 31.2 Å². The molecule has 3 rings (SSSR count). The van der Waals surface area contributed by atoms with Gasteiger partial charge in [-0.3, -0.25) is 9.80 Å². The monoisotopic (exact) mass is 275 g/mol. The fraction of sp³-hybridized carbons (Fsp3) is 0.625. The molecule has 4 nitrogen and oxygen atoms in total. The number of rotatable bonds is 2. The van der Waals surface area contributed by atoms with Gasteiger partial charge < -0.3 is 10.5 Å². The minimum atomic E-state index is 0.0559. The molecule has 1 saturated heterocycles. The molecule has 1 fully saturated rings. The number of nitrogens with two attached hydrogens (primary N) is 1. The van der Waals surface area contributed by atoms with Crippen molar-refractivity contribution in [2.45, 2.75) is 32.0 Å². The summed E-state index contributed by atoms with van der Waals surface area (Å²) in [5.41, 5.74) is 7.65. The van der Waals surface area contributed by atoms with Gasteiger partial charge in [-0.2, -0.15) is 0 Å². The Morgan fingerprint density at radius 1 is 1.30 bits per heavy atom. The highest BCUT2D eigenvalue weighted by Crippen LogP contribution is 2.33. The Balaban J connectivity index is 1.73. The predicted molar refractivity (Wildman–Crippen MR) is 80.9 cm³/mol. The third-order valence-electron chi connectivity index (χ3n) is 4.77. The van der Waals surface area contributed by atoms with Gasteiger partial charge >= 0.3 is 0 Å².